The van der Waals surface area contributed by atoms with Crippen molar-refractivity contribution in [2.75, 3.05) is 26.2 Å². The Bertz CT molecular complexity index is 1380. The fourth-order valence-corrected chi connectivity index (χ4v) is 5.97. The molecule has 1 aromatic carbocycles. The quantitative estimate of drug-likeness (QED) is 0.224. The van der Waals surface area contributed by atoms with Crippen molar-refractivity contribution in [2.45, 2.75) is 76.6 Å². The predicted molar refractivity (Wildman–Crippen MR) is 165 cm³/mol. The van der Waals surface area contributed by atoms with Crippen molar-refractivity contribution in [3.05, 3.63) is 72.0 Å². The number of nitrogens with two attached hydrogens (primary N) is 1. The molecule has 12 heteroatoms. The summed E-state index contributed by atoms with van der Waals surface area (Å²) in [5, 5.41) is 5.20. The number of nitrogens with zero attached hydrogens (tertiary/aromatic N) is 3. The SMILES string of the molecule is CCCc1cncc(-c2cnc(C(C)CC(CCC(Cc3ccccc3)C(N)=O)N3CCNCC3C(=O)NCC(F)(F)F)o2)c1. The zero-order chi connectivity index (χ0) is 32.4. The lowest BCUT2D eigenvalue weighted by Crippen LogP contribution is -2.61. The Balaban J connectivity index is 1.55. The predicted octanol–water partition coefficient (Wildman–Crippen LogP) is 4.63. The van der Waals surface area contributed by atoms with Crippen LogP contribution in [0.5, 0.6) is 0 Å². The van der Waals surface area contributed by atoms with Gasteiger partial charge >= 0.3 is 6.18 Å². The van der Waals surface area contributed by atoms with Gasteiger partial charge in [0.2, 0.25) is 11.8 Å². The minimum Gasteiger partial charge on any atom is -0.440 e. The summed E-state index contributed by atoms with van der Waals surface area (Å²) in [4.78, 5) is 36.4. The molecule has 0 saturated carbocycles. The Morgan fingerprint density at radius 3 is 2.64 bits per heavy atom. The summed E-state index contributed by atoms with van der Waals surface area (Å²) in [7, 11) is 0. The fraction of sp³-hybridized carbons (Fsp3) is 0.515. The molecule has 9 nitrogen and oxygen atoms in total. The molecule has 1 saturated heterocycles. The zero-order valence-corrected chi connectivity index (χ0v) is 25.9. The number of aromatic nitrogens is 2. The van der Waals surface area contributed by atoms with E-state index in [0.29, 0.717) is 50.4 Å². The Labute approximate surface area is 262 Å². The molecule has 0 aliphatic carbocycles. The highest BCUT2D eigenvalue weighted by molar-refractivity contribution is 5.82. The Morgan fingerprint density at radius 1 is 1.16 bits per heavy atom. The first-order valence-corrected chi connectivity index (χ1v) is 15.6. The van der Waals surface area contributed by atoms with E-state index in [2.05, 4.69) is 27.5 Å². The maximum absolute atomic E-state index is 13.0. The second-order valence-electron chi connectivity index (χ2n) is 11.8. The molecule has 3 aromatic rings. The van der Waals surface area contributed by atoms with Crippen LogP contribution in [0.3, 0.4) is 0 Å². The number of hydrogen-bond acceptors (Lipinski definition) is 7. The summed E-state index contributed by atoms with van der Waals surface area (Å²) in [6.07, 6.45) is 4.57. The summed E-state index contributed by atoms with van der Waals surface area (Å²) in [5.41, 5.74) is 8.75. The van der Waals surface area contributed by atoms with E-state index in [1.807, 2.05) is 54.4 Å². The molecule has 2 amide bonds. The number of amides is 2. The van der Waals surface area contributed by atoms with Crippen LogP contribution >= 0.6 is 0 Å². The number of nitrogens with one attached hydrogen (secondary N) is 2. The highest BCUT2D eigenvalue weighted by Gasteiger charge is 2.37. The fourth-order valence-electron chi connectivity index (χ4n) is 5.97. The van der Waals surface area contributed by atoms with Crippen molar-refractivity contribution in [2.24, 2.45) is 11.7 Å². The maximum Gasteiger partial charge on any atom is 0.405 e. The number of pyridine rings is 1. The van der Waals surface area contributed by atoms with Crippen LogP contribution < -0.4 is 16.4 Å². The average molecular weight is 629 g/mol. The maximum atomic E-state index is 13.0. The van der Waals surface area contributed by atoms with Gasteiger partial charge in [-0.05, 0) is 49.3 Å². The number of halogens is 3. The van der Waals surface area contributed by atoms with Crippen LogP contribution in [-0.2, 0) is 22.4 Å². The number of carbonyl (C=O) groups excluding carboxylic acids is 2. The zero-order valence-electron chi connectivity index (χ0n) is 25.9. The van der Waals surface area contributed by atoms with Gasteiger partial charge in [-0.1, -0.05) is 50.6 Å². The molecule has 0 bridgehead atoms. The number of oxazole rings is 1. The number of hydrogen-bond donors (Lipinski definition) is 3. The van der Waals surface area contributed by atoms with E-state index in [1.54, 1.807) is 12.4 Å². The Hall–Kier alpha value is -3.77. The number of carbonyl (C=O) groups is 2. The molecule has 4 N–H and O–H groups in total. The number of piperazine rings is 1. The molecule has 3 heterocycles. The first-order valence-electron chi connectivity index (χ1n) is 15.6. The molecule has 1 aliphatic rings. The first kappa shape index (κ1) is 34.1. The monoisotopic (exact) mass is 628 g/mol. The van der Waals surface area contributed by atoms with Crippen LogP contribution in [-0.4, -0.2) is 71.1 Å². The molecule has 0 radical (unpaired) electrons. The molecule has 1 aliphatic heterocycles. The van der Waals surface area contributed by atoms with Crippen LogP contribution in [0, 0.1) is 5.92 Å². The van der Waals surface area contributed by atoms with Gasteiger partial charge in [0.25, 0.3) is 0 Å². The molecule has 2 aromatic heterocycles. The molecule has 1 fully saturated rings. The van der Waals surface area contributed by atoms with Gasteiger partial charge in [-0.15, -0.1) is 0 Å². The van der Waals surface area contributed by atoms with Crippen LogP contribution in [0.15, 0.2) is 59.4 Å². The van der Waals surface area contributed by atoms with E-state index < -0.39 is 36.5 Å². The first-order chi connectivity index (χ1) is 21.5. The number of benzene rings is 1. The summed E-state index contributed by atoms with van der Waals surface area (Å²) in [5.74, 6) is -0.623. The largest absolute Gasteiger partial charge is 0.440 e. The number of primary amides is 1. The van der Waals surface area contributed by atoms with Gasteiger partial charge in [-0.3, -0.25) is 19.5 Å². The summed E-state index contributed by atoms with van der Waals surface area (Å²) in [6.45, 7) is 3.92. The van der Waals surface area contributed by atoms with Crippen molar-refractivity contribution in [3.8, 4) is 11.3 Å². The van der Waals surface area contributed by atoms with Crippen molar-refractivity contribution >= 4 is 11.8 Å². The van der Waals surface area contributed by atoms with Gasteiger partial charge in [-0.2, -0.15) is 13.2 Å². The van der Waals surface area contributed by atoms with Crippen molar-refractivity contribution in [1.29, 1.82) is 0 Å². The van der Waals surface area contributed by atoms with Gasteiger partial charge < -0.3 is 20.8 Å². The topological polar surface area (TPSA) is 126 Å². The third-order valence-corrected chi connectivity index (χ3v) is 8.28. The van der Waals surface area contributed by atoms with E-state index in [0.717, 1.165) is 29.5 Å². The highest BCUT2D eigenvalue weighted by Crippen LogP contribution is 2.31. The lowest BCUT2D eigenvalue weighted by Gasteiger charge is -2.41. The summed E-state index contributed by atoms with van der Waals surface area (Å²) >= 11 is 0. The minimum absolute atomic E-state index is 0.189. The average Bonchev–Trinajstić information content (AvgIpc) is 3.52. The smallest absolute Gasteiger partial charge is 0.405 e. The number of alkyl halides is 3. The van der Waals surface area contributed by atoms with E-state index in [9.17, 15) is 22.8 Å². The molecular formula is C33H43F3N6O3. The highest BCUT2D eigenvalue weighted by atomic mass is 19.4. The lowest BCUT2D eigenvalue weighted by atomic mass is 9.88. The number of rotatable bonds is 15. The van der Waals surface area contributed by atoms with Crippen LogP contribution in [0.1, 0.15) is 62.5 Å². The molecular weight excluding hydrogens is 585 g/mol. The third kappa shape index (κ3) is 10.1. The Morgan fingerprint density at radius 2 is 1.93 bits per heavy atom. The van der Waals surface area contributed by atoms with Gasteiger partial charge in [0, 0.05) is 55.5 Å². The number of aryl methyl sites for hydroxylation is 1. The van der Waals surface area contributed by atoms with Crippen LogP contribution in [0.25, 0.3) is 11.3 Å². The van der Waals surface area contributed by atoms with Gasteiger partial charge in [0.05, 0.1) is 6.20 Å². The summed E-state index contributed by atoms with van der Waals surface area (Å²) < 4.78 is 45.0. The molecule has 4 rings (SSSR count). The van der Waals surface area contributed by atoms with E-state index in [1.165, 1.54) is 0 Å². The van der Waals surface area contributed by atoms with Crippen molar-refractivity contribution < 1.29 is 27.2 Å². The standard InChI is InChI=1S/C33H43F3N6O3/c1-3-7-24-16-26(18-39-17-24)29-20-40-32(45-29)22(2)14-27(11-10-25(30(37)43)15-23-8-5-4-6-9-23)42-13-12-38-19-28(42)31(44)41-21-33(34,35)36/h4-6,8-9,16-18,20,22,25,27-28,38H,3,7,10-15,19,21H2,1-2H3,(H2,37,43)(H,41,44). The van der Waals surface area contributed by atoms with Crippen LogP contribution in [0.2, 0.25) is 0 Å². The second kappa shape index (κ2) is 16.0. The molecule has 0 spiro atoms. The third-order valence-electron chi connectivity index (χ3n) is 8.28. The van der Waals surface area contributed by atoms with E-state index in [-0.39, 0.29) is 18.5 Å². The molecule has 4 unspecified atom stereocenters. The Kier molecular flexibility index (Phi) is 12.1. The lowest BCUT2D eigenvalue weighted by molar-refractivity contribution is -0.142. The minimum atomic E-state index is -4.52. The van der Waals surface area contributed by atoms with E-state index >= 15 is 0 Å². The summed E-state index contributed by atoms with van der Waals surface area (Å²) in [6, 6.07) is 10.6. The van der Waals surface area contributed by atoms with Gasteiger partial charge in [-0.25, -0.2) is 4.98 Å². The molecule has 244 valence electrons. The van der Waals surface area contributed by atoms with Crippen LogP contribution in [0.4, 0.5) is 13.2 Å². The molecule has 45 heavy (non-hydrogen) atoms. The van der Waals surface area contributed by atoms with Crippen molar-refractivity contribution in [3.63, 3.8) is 0 Å². The molecule has 4 atom stereocenters. The van der Waals surface area contributed by atoms with Gasteiger partial charge in [0.15, 0.2) is 11.7 Å². The second-order valence-corrected chi connectivity index (χ2v) is 11.8. The van der Waals surface area contributed by atoms with E-state index in [4.69, 9.17) is 10.2 Å². The van der Waals surface area contributed by atoms with Gasteiger partial charge in [0.1, 0.15) is 12.6 Å². The van der Waals surface area contributed by atoms with Crippen molar-refractivity contribution in [1.82, 2.24) is 25.5 Å². The normalized spacial score (nSPS) is 17.8.